The van der Waals surface area contributed by atoms with Crippen molar-refractivity contribution in [2.24, 2.45) is 0 Å². The van der Waals surface area contributed by atoms with Gasteiger partial charge in [-0.1, -0.05) is 0 Å². The number of hydrogen-bond acceptors (Lipinski definition) is 3. The topological polar surface area (TPSA) is 87.7 Å². The van der Waals surface area contributed by atoms with Crippen molar-refractivity contribution in [1.82, 2.24) is 5.32 Å². The van der Waals surface area contributed by atoms with Crippen LogP contribution < -0.4 is 10.6 Å². The first-order valence-corrected chi connectivity index (χ1v) is 6.05. The highest BCUT2D eigenvalue weighted by Crippen LogP contribution is 2.15. The third-order valence-electron chi connectivity index (χ3n) is 2.98. The maximum atomic E-state index is 11.7. The summed E-state index contributed by atoms with van der Waals surface area (Å²) >= 11 is 0. The van der Waals surface area contributed by atoms with Gasteiger partial charge in [0.1, 0.15) is 0 Å². The van der Waals surface area contributed by atoms with E-state index in [0.717, 1.165) is 6.42 Å². The molecule has 2 rings (SSSR count). The summed E-state index contributed by atoms with van der Waals surface area (Å²) in [6.45, 7) is 2.89. The van der Waals surface area contributed by atoms with Crippen LogP contribution in [0.25, 0.3) is 0 Å². The van der Waals surface area contributed by atoms with Gasteiger partial charge in [-0.3, -0.25) is 0 Å². The van der Waals surface area contributed by atoms with Gasteiger partial charge in [-0.25, -0.2) is 9.59 Å². The number of ether oxygens (including phenoxy) is 1. The van der Waals surface area contributed by atoms with Crippen molar-refractivity contribution in [1.29, 1.82) is 0 Å². The van der Waals surface area contributed by atoms with Gasteiger partial charge >= 0.3 is 12.0 Å². The Morgan fingerprint density at radius 3 is 2.79 bits per heavy atom. The summed E-state index contributed by atoms with van der Waals surface area (Å²) in [5, 5.41) is 14.4. The van der Waals surface area contributed by atoms with E-state index in [2.05, 4.69) is 10.6 Å². The molecule has 19 heavy (non-hydrogen) atoms. The zero-order valence-corrected chi connectivity index (χ0v) is 10.6. The van der Waals surface area contributed by atoms with Crippen LogP contribution in [0, 0.1) is 6.92 Å². The highest BCUT2D eigenvalue weighted by molar-refractivity contribution is 5.92. The Morgan fingerprint density at radius 2 is 2.21 bits per heavy atom. The molecule has 3 N–H and O–H groups in total. The second kappa shape index (κ2) is 5.71. The number of carbonyl (C=O) groups excluding carboxylic acids is 1. The Bertz CT molecular complexity index is 495. The predicted molar refractivity (Wildman–Crippen MR) is 69.5 cm³/mol. The molecule has 6 heteroatoms. The van der Waals surface area contributed by atoms with Crippen molar-refractivity contribution in [3.8, 4) is 0 Å². The lowest BCUT2D eigenvalue weighted by molar-refractivity contribution is 0.0696. The molecule has 1 saturated heterocycles. The van der Waals surface area contributed by atoms with E-state index in [0.29, 0.717) is 24.5 Å². The quantitative estimate of drug-likeness (QED) is 0.773. The average molecular weight is 264 g/mol. The number of amides is 2. The Labute approximate surface area is 110 Å². The van der Waals surface area contributed by atoms with Crippen LogP contribution in [-0.2, 0) is 4.74 Å². The maximum Gasteiger partial charge on any atom is 0.335 e. The number of carboxylic acids is 1. The first kappa shape index (κ1) is 13.4. The van der Waals surface area contributed by atoms with Gasteiger partial charge in [0.05, 0.1) is 18.2 Å². The van der Waals surface area contributed by atoms with E-state index in [1.54, 1.807) is 19.1 Å². The van der Waals surface area contributed by atoms with Crippen molar-refractivity contribution in [3.05, 3.63) is 29.3 Å². The number of hydrogen-bond donors (Lipinski definition) is 3. The molecule has 1 heterocycles. The molecule has 1 aliphatic heterocycles. The monoisotopic (exact) mass is 264 g/mol. The van der Waals surface area contributed by atoms with Crippen molar-refractivity contribution >= 4 is 17.7 Å². The lowest BCUT2D eigenvalue weighted by Gasteiger charge is -2.12. The fourth-order valence-electron chi connectivity index (χ4n) is 1.98. The standard InChI is InChI=1S/C13H16N2O4/c1-8-6-9(2-3-11(8)12(16)17)14-13(18)15-10-4-5-19-7-10/h2-3,6,10H,4-5,7H2,1H3,(H,16,17)(H2,14,15,18). The molecular weight excluding hydrogens is 248 g/mol. The molecule has 102 valence electrons. The second-order valence-corrected chi connectivity index (χ2v) is 4.49. The van der Waals surface area contributed by atoms with E-state index >= 15 is 0 Å². The normalized spacial score (nSPS) is 18.1. The van der Waals surface area contributed by atoms with Gasteiger partial charge in [-0.05, 0) is 37.1 Å². The van der Waals surface area contributed by atoms with Crippen LogP contribution in [0.1, 0.15) is 22.3 Å². The van der Waals surface area contributed by atoms with Crippen molar-refractivity contribution in [2.75, 3.05) is 18.5 Å². The largest absolute Gasteiger partial charge is 0.478 e. The van der Waals surface area contributed by atoms with Gasteiger partial charge < -0.3 is 20.5 Å². The van der Waals surface area contributed by atoms with Gasteiger partial charge in [0.2, 0.25) is 0 Å². The van der Waals surface area contributed by atoms with E-state index in [1.807, 2.05) is 0 Å². The summed E-state index contributed by atoms with van der Waals surface area (Å²) in [4.78, 5) is 22.6. The second-order valence-electron chi connectivity index (χ2n) is 4.49. The first-order chi connectivity index (χ1) is 9.06. The minimum absolute atomic E-state index is 0.0411. The van der Waals surface area contributed by atoms with Crippen molar-refractivity contribution < 1.29 is 19.4 Å². The number of carbonyl (C=O) groups is 2. The van der Waals surface area contributed by atoms with Crippen molar-refractivity contribution in [2.45, 2.75) is 19.4 Å². The molecule has 1 unspecified atom stereocenters. The smallest absolute Gasteiger partial charge is 0.335 e. The number of urea groups is 1. The van der Waals surface area contributed by atoms with E-state index in [1.165, 1.54) is 6.07 Å². The number of nitrogens with one attached hydrogen (secondary N) is 2. The van der Waals surface area contributed by atoms with Crippen LogP contribution in [0.4, 0.5) is 10.5 Å². The molecule has 0 bridgehead atoms. The number of aryl methyl sites for hydroxylation is 1. The number of aromatic carboxylic acids is 1. The van der Waals surface area contributed by atoms with Gasteiger partial charge in [-0.2, -0.15) is 0 Å². The first-order valence-electron chi connectivity index (χ1n) is 6.05. The molecule has 1 atom stereocenters. The average Bonchev–Trinajstić information content (AvgIpc) is 2.81. The summed E-state index contributed by atoms with van der Waals surface area (Å²) in [5.74, 6) is -0.975. The maximum absolute atomic E-state index is 11.7. The summed E-state index contributed by atoms with van der Waals surface area (Å²) in [6.07, 6.45) is 0.810. The minimum atomic E-state index is -0.975. The molecular formula is C13H16N2O4. The fraction of sp³-hybridized carbons (Fsp3) is 0.385. The summed E-state index contributed by atoms with van der Waals surface area (Å²) in [7, 11) is 0. The Balaban J connectivity index is 1.96. The number of carboxylic acid groups (broad SMARTS) is 1. The molecule has 1 aromatic rings. The van der Waals surface area contributed by atoms with Crippen LogP contribution in [0.2, 0.25) is 0 Å². The van der Waals surface area contributed by atoms with E-state index in [-0.39, 0.29) is 17.6 Å². The predicted octanol–water partition coefficient (Wildman–Crippen LogP) is 1.60. The van der Waals surface area contributed by atoms with Crippen LogP contribution in [0.5, 0.6) is 0 Å². The van der Waals surface area contributed by atoms with Gasteiger partial charge in [0, 0.05) is 12.3 Å². The highest BCUT2D eigenvalue weighted by atomic mass is 16.5. The number of rotatable bonds is 3. The summed E-state index contributed by atoms with van der Waals surface area (Å²) < 4.78 is 5.16. The van der Waals surface area contributed by atoms with Gasteiger partial charge in [-0.15, -0.1) is 0 Å². The molecule has 1 aromatic carbocycles. The molecule has 0 aromatic heterocycles. The summed E-state index contributed by atoms with van der Waals surface area (Å²) in [6, 6.07) is 4.42. The number of anilines is 1. The summed E-state index contributed by atoms with van der Waals surface area (Å²) in [5.41, 5.74) is 1.41. The molecule has 0 aliphatic carbocycles. The lowest BCUT2D eigenvalue weighted by atomic mass is 10.1. The Morgan fingerprint density at radius 1 is 1.42 bits per heavy atom. The highest BCUT2D eigenvalue weighted by Gasteiger charge is 2.17. The van der Waals surface area contributed by atoms with Crippen LogP contribution >= 0.6 is 0 Å². The molecule has 1 aliphatic rings. The number of benzene rings is 1. The Kier molecular flexibility index (Phi) is 4.01. The van der Waals surface area contributed by atoms with E-state index in [4.69, 9.17) is 9.84 Å². The molecule has 1 fully saturated rings. The fourth-order valence-corrected chi connectivity index (χ4v) is 1.98. The zero-order valence-electron chi connectivity index (χ0n) is 10.6. The van der Waals surface area contributed by atoms with E-state index in [9.17, 15) is 9.59 Å². The van der Waals surface area contributed by atoms with Crippen LogP contribution in [0.15, 0.2) is 18.2 Å². The van der Waals surface area contributed by atoms with Crippen molar-refractivity contribution in [3.63, 3.8) is 0 Å². The zero-order chi connectivity index (χ0) is 13.8. The molecule has 2 amide bonds. The van der Waals surface area contributed by atoms with Crippen LogP contribution in [-0.4, -0.2) is 36.4 Å². The van der Waals surface area contributed by atoms with Gasteiger partial charge in [0.25, 0.3) is 0 Å². The molecule has 0 radical (unpaired) electrons. The van der Waals surface area contributed by atoms with E-state index < -0.39 is 5.97 Å². The van der Waals surface area contributed by atoms with Gasteiger partial charge in [0.15, 0.2) is 0 Å². The SMILES string of the molecule is Cc1cc(NC(=O)NC2CCOC2)ccc1C(=O)O. The Hall–Kier alpha value is -2.08. The molecule has 0 spiro atoms. The lowest BCUT2D eigenvalue weighted by Crippen LogP contribution is -2.38. The molecule has 6 nitrogen and oxygen atoms in total. The third-order valence-corrected chi connectivity index (χ3v) is 2.98. The third kappa shape index (κ3) is 3.45. The minimum Gasteiger partial charge on any atom is -0.478 e. The molecule has 0 saturated carbocycles. The van der Waals surface area contributed by atoms with Crippen LogP contribution in [0.3, 0.4) is 0 Å².